The van der Waals surface area contributed by atoms with Gasteiger partial charge in [0, 0.05) is 19.1 Å². The zero-order chi connectivity index (χ0) is 20.1. The first-order valence-electron chi connectivity index (χ1n) is 9.38. The lowest BCUT2D eigenvalue weighted by Crippen LogP contribution is -2.42. The van der Waals surface area contributed by atoms with E-state index in [4.69, 9.17) is 4.74 Å². The van der Waals surface area contributed by atoms with Gasteiger partial charge in [-0.2, -0.15) is 0 Å². The van der Waals surface area contributed by atoms with Crippen LogP contribution < -0.4 is 4.74 Å². The fourth-order valence-corrected chi connectivity index (χ4v) is 5.22. The molecule has 28 heavy (non-hydrogen) atoms. The second kappa shape index (κ2) is 9.03. The number of ether oxygens (including phenoxy) is 1. The number of para-hydroxylation sites is 1. The molecule has 0 spiro atoms. The van der Waals surface area contributed by atoms with Crippen LogP contribution in [0.3, 0.4) is 0 Å². The van der Waals surface area contributed by atoms with Crippen molar-refractivity contribution in [3.63, 3.8) is 0 Å². The molecule has 0 aromatic heterocycles. The van der Waals surface area contributed by atoms with E-state index in [2.05, 4.69) is 0 Å². The molecular weight excluding hydrogens is 381 g/mol. The maximum Gasteiger partial charge on any atom is 0.151 e. The number of hydrogen-bond donors (Lipinski definition) is 1. The van der Waals surface area contributed by atoms with Gasteiger partial charge in [-0.25, -0.2) is 12.8 Å². The SMILES string of the molecule is Cc1ccccc1OCC(O)CN(Cc1ccc(F)cc1)C1CCS(=O)(=O)C1. The van der Waals surface area contributed by atoms with Crippen LogP contribution in [0.25, 0.3) is 0 Å². The number of nitrogens with zero attached hydrogens (tertiary/aromatic N) is 1. The molecule has 152 valence electrons. The van der Waals surface area contributed by atoms with E-state index in [0.717, 1.165) is 16.9 Å². The molecule has 0 bridgehead atoms. The van der Waals surface area contributed by atoms with Gasteiger partial charge in [0.25, 0.3) is 0 Å². The highest BCUT2D eigenvalue weighted by atomic mass is 32.2. The highest BCUT2D eigenvalue weighted by Gasteiger charge is 2.33. The molecule has 0 amide bonds. The molecule has 2 atom stereocenters. The minimum atomic E-state index is -3.05. The molecule has 0 aliphatic carbocycles. The van der Waals surface area contributed by atoms with Crippen LogP contribution in [0, 0.1) is 12.7 Å². The highest BCUT2D eigenvalue weighted by molar-refractivity contribution is 7.91. The summed E-state index contributed by atoms with van der Waals surface area (Å²) in [6.07, 6.45) is -0.238. The van der Waals surface area contributed by atoms with Crippen LogP contribution in [-0.2, 0) is 16.4 Å². The molecule has 1 N–H and O–H groups in total. The van der Waals surface area contributed by atoms with E-state index < -0.39 is 15.9 Å². The van der Waals surface area contributed by atoms with Crippen molar-refractivity contribution in [1.29, 1.82) is 0 Å². The number of aliphatic hydroxyl groups excluding tert-OH is 1. The Hall–Kier alpha value is -1.96. The zero-order valence-corrected chi connectivity index (χ0v) is 16.7. The van der Waals surface area contributed by atoms with Gasteiger partial charge in [0.15, 0.2) is 9.84 Å². The number of sulfone groups is 1. The zero-order valence-electron chi connectivity index (χ0n) is 15.9. The maximum absolute atomic E-state index is 13.2. The Labute approximate surface area is 165 Å². The predicted octanol–water partition coefficient (Wildman–Crippen LogP) is 2.56. The van der Waals surface area contributed by atoms with E-state index in [-0.39, 0.29) is 36.5 Å². The average molecular weight is 408 g/mol. The summed E-state index contributed by atoms with van der Waals surface area (Å²) in [5.41, 5.74) is 1.86. The molecule has 1 fully saturated rings. The lowest BCUT2D eigenvalue weighted by atomic mass is 10.1. The fraction of sp³-hybridized carbons (Fsp3) is 0.429. The van der Waals surface area contributed by atoms with Crippen molar-refractivity contribution in [3.8, 4) is 5.75 Å². The second-order valence-electron chi connectivity index (χ2n) is 7.34. The number of aliphatic hydroxyl groups is 1. The van der Waals surface area contributed by atoms with Crippen molar-refractivity contribution in [2.45, 2.75) is 32.0 Å². The summed E-state index contributed by atoms with van der Waals surface area (Å²) < 4.78 is 42.7. The molecule has 1 aliphatic heterocycles. The van der Waals surface area contributed by atoms with E-state index in [1.165, 1.54) is 12.1 Å². The van der Waals surface area contributed by atoms with E-state index in [0.29, 0.717) is 13.0 Å². The molecule has 1 aliphatic rings. The van der Waals surface area contributed by atoms with Gasteiger partial charge in [0.2, 0.25) is 0 Å². The van der Waals surface area contributed by atoms with Crippen molar-refractivity contribution in [3.05, 3.63) is 65.5 Å². The Kier molecular flexibility index (Phi) is 6.69. The Morgan fingerprint density at radius 3 is 2.57 bits per heavy atom. The summed E-state index contributed by atoms with van der Waals surface area (Å²) in [6, 6.07) is 13.6. The van der Waals surface area contributed by atoms with E-state index in [9.17, 15) is 17.9 Å². The van der Waals surface area contributed by atoms with Gasteiger partial charge in [0.1, 0.15) is 24.3 Å². The number of benzene rings is 2. The first kappa shape index (κ1) is 20.8. The first-order valence-corrected chi connectivity index (χ1v) is 11.2. The summed E-state index contributed by atoms with van der Waals surface area (Å²) in [4.78, 5) is 1.96. The fourth-order valence-electron chi connectivity index (χ4n) is 3.46. The third-order valence-electron chi connectivity index (χ3n) is 4.99. The summed E-state index contributed by atoms with van der Waals surface area (Å²) in [6.45, 7) is 2.78. The number of aryl methyl sites for hydroxylation is 1. The number of rotatable bonds is 8. The van der Waals surface area contributed by atoms with Gasteiger partial charge in [-0.3, -0.25) is 4.90 Å². The topological polar surface area (TPSA) is 66.8 Å². The third kappa shape index (κ3) is 5.77. The van der Waals surface area contributed by atoms with Gasteiger partial charge in [-0.05, 0) is 42.7 Å². The number of halogens is 1. The molecular formula is C21H26FNO4S. The summed E-state index contributed by atoms with van der Waals surface area (Å²) >= 11 is 0. The Morgan fingerprint density at radius 1 is 1.21 bits per heavy atom. The van der Waals surface area contributed by atoms with Gasteiger partial charge in [-0.1, -0.05) is 30.3 Å². The van der Waals surface area contributed by atoms with Crippen LogP contribution in [-0.4, -0.2) is 55.2 Å². The van der Waals surface area contributed by atoms with E-state index in [1.54, 1.807) is 12.1 Å². The van der Waals surface area contributed by atoms with Gasteiger partial charge in [-0.15, -0.1) is 0 Å². The van der Waals surface area contributed by atoms with Crippen molar-refractivity contribution >= 4 is 9.84 Å². The van der Waals surface area contributed by atoms with Crippen LogP contribution >= 0.6 is 0 Å². The lowest BCUT2D eigenvalue weighted by Gasteiger charge is -2.30. The molecule has 7 heteroatoms. The van der Waals surface area contributed by atoms with Gasteiger partial charge in [0.05, 0.1) is 11.5 Å². The van der Waals surface area contributed by atoms with Crippen molar-refractivity contribution in [2.24, 2.45) is 0 Å². The Morgan fingerprint density at radius 2 is 1.93 bits per heavy atom. The summed E-state index contributed by atoms with van der Waals surface area (Å²) in [7, 11) is -3.05. The Balaban J connectivity index is 1.65. The minimum absolute atomic E-state index is 0.0829. The minimum Gasteiger partial charge on any atom is -0.491 e. The monoisotopic (exact) mass is 407 g/mol. The van der Waals surface area contributed by atoms with E-state index in [1.807, 2.05) is 36.1 Å². The molecule has 0 saturated carbocycles. The van der Waals surface area contributed by atoms with Crippen molar-refractivity contribution in [2.75, 3.05) is 24.7 Å². The molecule has 5 nitrogen and oxygen atoms in total. The van der Waals surface area contributed by atoms with Crippen molar-refractivity contribution < 1.29 is 22.7 Å². The third-order valence-corrected chi connectivity index (χ3v) is 6.74. The summed E-state index contributed by atoms with van der Waals surface area (Å²) in [5.74, 6) is 0.646. The largest absolute Gasteiger partial charge is 0.491 e. The molecule has 2 aromatic rings. The molecule has 1 heterocycles. The average Bonchev–Trinajstić information content (AvgIpc) is 3.02. The number of hydrogen-bond acceptors (Lipinski definition) is 5. The summed E-state index contributed by atoms with van der Waals surface area (Å²) in [5, 5.41) is 10.5. The molecule has 2 unspecified atom stereocenters. The van der Waals surface area contributed by atoms with Crippen LogP contribution in [0.1, 0.15) is 17.5 Å². The smallest absolute Gasteiger partial charge is 0.151 e. The molecule has 0 radical (unpaired) electrons. The standard InChI is InChI=1S/C21H26FNO4S/c1-16-4-2-3-5-21(16)27-14-20(24)13-23(19-10-11-28(25,26)15-19)12-17-6-8-18(22)9-7-17/h2-9,19-20,24H,10-15H2,1H3. The van der Waals surface area contributed by atoms with E-state index >= 15 is 0 Å². The predicted molar refractivity (Wildman–Crippen MR) is 107 cm³/mol. The maximum atomic E-state index is 13.2. The quantitative estimate of drug-likeness (QED) is 0.729. The molecule has 3 rings (SSSR count). The van der Waals surface area contributed by atoms with Gasteiger partial charge < -0.3 is 9.84 Å². The highest BCUT2D eigenvalue weighted by Crippen LogP contribution is 2.21. The Bertz CT molecular complexity index is 886. The van der Waals surface area contributed by atoms with Crippen LogP contribution in [0.15, 0.2) is 48.5 Å². The molecule has 2 aromatic carbocycles. The van der Waals surface area contributed by atoms with Crippen LogP contribution in [0.5, 0.6) is 5.75 Å². The normalized spacial score (nSPS) is 19.6. The van der Waals surface area contributed by atoms with Gasteiger partial charge >= 0.3 is 0 Å². The van der Waals surface area contributed by atoms with Crippen molar-refractivity contribution in [1.82, 2.24) is 4.90 Å². The van der Waals surface area contributed by atoms with Crippen LogP contribution in [0.2, 0.25) is 0 Å². The second-order valence-corrected chi connectivity index (χ2v) is 9.57. The lowest BCUT2D eigenvalue weighted by molar-refractivity contribution is 0.0523. The molecule has 1 saturated heterocycles. The first-order chi connectivity index (χ1) is 13.3. The van der Waals surface area contributed by atoms with Crippen LogP contribution in [0.4, 0.5) is 4.39 Å².